The minimum absolute atomic E-state index is 0.770. The lowest BCUT2D eigenvalue weighted by atomic mass is 9.96. The Bertz CT molecular complexity index is 141. The predicted molar refractivity (Wildman–Crippen MR) is 51.2 cm³/mol. The van der Waals surface area contributed by atoms with Crippen molar-refractivity contribution in [2.75, 3.05) is 20.1 Å². The van der Waals surface area contributed by atoms with Crippen LogP contribution in [0.25, 0.3) is 0 Å². The predicted octanol–water partition coefficient (Wildman–Crippen LogP) is 1.08. The van der Waals surface area contributed by atoms with Gasteiger partial charge < -0.3 is 10.2 Å². The number of nitrogens with one attached hydrogen (secondary N) is 1. The Kier molecular flexibility index (Phi) is 2.37. The van der Waals surface area contributed by atoms with Gasteiger partial charge in [0.05, 0.1) is 0 Å². The third-order valence-electron chi connectivity index (χ3n) is 2.89. The molecular formula is C10H20N2. The number of likely N-dealkylation sites (N-methyl/N-ethyl adjacent to an activating group) is 1. The molecule has 1 saturated heterocycles. The van der Waals surface area contributed by atoms with Crippen LogP contribution >= 0.6 is 0 Å². The maximum Gasteiger partial charge on any atom is 0.0200 e. The lowest BCUT2D eigenvalue weighted by Gasteiger charge is -2.34. The number of hydrogen-bond acceptors (Lipinski definition) is 2. The van der Waals surface area contributed by atoms with E-state index in [1.807, 2.05) is 0 Å². The number of piperidine rings is 1. The van der Waals surface area contributed by atoms with Gasteiger partial charge in [0.15, 0.2) is 0 Å². The first-order chi connectivity index (χ1) is 5.74. The summed E-state index contributed by atoms with van der Waals surface area (Å²) in [6.07, 6.45) is 4.20. The van der Waals surface area contributed by atoms with Crippen molar-refractivity contribution in [3.05, 3.63) is 0 Å². The number of likely N-dealkylation sites (tertiary alicyclic amines) is 1. The molecule has 1 aliphatic carbocycles. The highest BCUT2D eigenvalue weighted by Gasteiger charge is 2.28. The third-order valence-corrected chi connectivity index (χ3v) is 2.89. The van der Waals surface area contributed by atoms with Gasteiger partial charge in [-0.3, -0.25) is 0 Å². The number of nitrogens with zero attached hydrogens (tertiary/aromatic N) is 1. The molecule has 2 rings (SSSR count). The Balaban J connectivity index is 1.79. The highest BCUT2D eigenvalue weighted by Crippen LogP contribution is 2.23. The average Bonchev–Trinajstić information content (AvgIpc) is 2.68. The van der Waals surface area contributed by atoms with Crippen LogP contribution < -0.4 is 5.32 Å². The van der Waals surface area contributed by atoms with Crippen LogP contribution in [0.1, 0.15) is 26.2 Å². The SMILES string of the molecule is CC1CC(NC2CC2)CN(C)C1. The molecule has 2 nitrogen and oxygen atoms in total. The van der Waals surface area contributed by atoms with Crippen LogP contribution in [0.4, 0.5) is 0 Å². The van der Waals surface area contributed by atoms with Crippen molar-refractivity contribution in [1.82, 2.24) is 10.2 Å². The summed E-state index contributed by atoms with van der Waals surface area (Å²) in [4.78, 5) is 2.45. The van der Waals surface area contributed by atoms with E-state index in [4.69, 9.17) is 0 Å². The van der Waals surface area contributed by atoms with E-state index in [0.717, 1.165) is 18.0 Å². The fourth-order valence-electron chi connectivity index (χ4n) is 2.32. The minimum atomic E-state index is 0.770. The summed E-state index contributed by atoms with van der Waals surface area (Å²) in [6.45, 7) is 4.89. The quantitative estimate of drug-likeness (QED) is 0.663. The van der Waals surface area contributed by atoms with Gasteiger partial charge in [-0.05, 0) is 32.2 Å². The van der Waals surface area contributed by atoms with Gasteiger partial charge in [-0.25, -0.2) is 0 Å². The van der Waals surface area contributed by atoms with Crippen molar-refractivity contribution < 1.29 is 0 Å². The molecule has 0 amide bonds. The molecule has 0 aromatic rings. The lowest BCUT2D eigenvalue weighted by Crippen LogP contribution is -2.47. The molecule has 1 heterocycles. The topological polar surface area (TPSA) is 15.3 Å². The molecule has 2 aliphatic rings. The van der Waals surface area contributed by atoms with E-state index in [-0.39, 0.29) is 0 Å². The Hall–Kier alpha value is -0.0800. The molecule has 0 radical (unpaired) electrons. The average molecular weight is 168 g/mol. The van der Waals surface area contributed by atoms with Gasteiger partial charge in [0, 0.05) is 25.2 Å². The third kappa shape index (κ3) is 2.20. The zero-order chi connectivity index (χ0) is 8.55. The normalized spacial score (nSPS) is 38.5. The van der Waals surface area contributed by atoms with Gasteiger partial charge in [0.1, 0.15) is 0 Å². The molecule has 0 spiro atoms. The van der Waals surface area contributed by atoms with E-state index in [1.165, 1.54) is 32.4 Å². The van der Waals surface area contributed by atoms with Gasteiger partial charge in [0.25, 0.3) is 0 Å². The molecule has 2 unspecified atom stereocenters. The van der Waals surface area contributed by atoms with Crippen LogP contribution in [0, 0.1) is 5.92 Å². The summed E-state index contributed by atoms with van der Waals surface area (Å²) in [5.41, 5.74) is 0. The Labute approximate surface area is 75.3 Å². The summed E-state index contributed by atoms with van der Waals surface area (Å²) >= 11 is 0. The second-order valence-corrected chi connectivity index (χ2v) is 4.70. The first-order valence-electron chi connectivity index (χ1n) is 5.18. The molecule has 0 aromatic heterocycles. The monoisotopic (exact) mass is 168 g/mol. The fraction of sp³-hybridized carbons (Fsp3) is 1.00. The molecule has 1 N–H and O–H groups in total. The van der Waals surface area contributed by atoms with Crippen LogP contribution in [0.5, 0.6) is 0 Å². The van der Waals surface area contributed by atoms with Crippen molar-refractivity contribution in [3.8, 4) is 0 Å². The fourth-order valence-corrected chi connectivity index (χ4v) is 2.32. The molecular weight excluding hydrogens is 148 g/mol. The van der Waals surface area contributed by atoms with Crippen molar-refractivity contribution in [2.45, 2.75) is 38.3 Å². The van der Waals surface area contributed by atoms with E-state index in [9.17, 15) is 0 Å². The number of rotatable bonds is 2. The van der Waals surface area contributed by atoms with Crippen molar-refractivity contribution in [2.24, 2.45) is 5.92 Å². The largest absolute Gasteiger partial charge is 0.310 e. The number of hydrogen-bond donors (Lipinski definition) is 1. The van der Waals surface area contributed by atoms with Crippen molar-refractivity contribution in [1.29, 1.82) is 0 Å². The zero-order valence-electron chi connectivity index (χ0n) is 8.21. The molecule has 1 saturated carbocycles. The first kappa shape index (κ1) is 8.52. The van der Waals surface area contributed by atoms with E-state index in [0.29, 0.717) is 0 Å². The smallest absolute Gasteiger partial charge is 0.0200 e. The molecule has 70 valence electrons. The van der Waals surface area contributed by atoms with Crippen LogP contribution in [0.3, 0.4) is 0 Å². The lowest BCUT2D eigenvalue weighted by molar-refractivity contribution is 0.178. The second-order valence-electron chi connectivity index (χ2n) is 4.70. The van der Waals surface area contributed by atoms with Crippen LogP contribution in [0.15, 0.2) is 0 Å². The highest BCUT2D eigenvalue weighted by molar-refractivity contribution is 4.88. The molecule has 0 aromatic carbocycles. The van der Waals surface area contributed by atoms with E-state index in [1.54, 1.807) is 0 Å². The van der Waals surface area contributed by atoms with Gasteiger partial charge in [-0.15, -0.1) is 0 Å². The Morgan fingerprint density at radius 2 is 1.92 bits per heavy atom. The van der Waals surface area contributed by atoms with Gasteiger partial charge >= 0.3 is 0 Å². The Morgan fingerprint density at radius 3 is 2.50 bits per heavy atom. The summed E-state index contributed by atoms with van der Waals surface area (Å²) < 4.78 is 0. The first-order valence-corrected chi connectivity index (χ1v) is 5.18. The maximum absolute atomic E-state index is 3.71. The Morgan fingerprint density at radius 1 is 1.17 bits per heavy atom. The van der Waals surface area contributed by atoms with Crippen LogP contribution in [-0.2, 0) is 0 Å². The molecule has 2 heteroatoms. The molecule has 12 heavy (non-hydrogen) atoms. The van der Waals surface area contributed by atoms with E-state index in [2.05, 4.69) is 24.2 Å². The summed E-state index contributed by atoms with van der Waals surface area (Å²) in [7, 11) is 2.23. The van der Waals surface area contributed by atoms with Crippen LogP contribution in [-0.4, -0.2) is 37.1 Å². The second kappa shape index (κ2) is 3.35. The van der Waals surface area contributed by atoms with Gasteiger partial charge in [-0.1, -0.05) is 6.92 Å². The standard InChI is InChI=1S/C10H20N2/c1-8-5-10(7-12(2)6-8)11-9-3-4-9/h8-11H,3-7H2,1-2H3. The van der Waals surface area contributed by atoms with Gasteiger partial charge in [0.2, 0.25) is 0 Å². The van der Waals surface area contributed by atoms with Crippen molar-refractivity contribution >= 4 is 0 Å². The summed E-state index contributed by atoms with van der Waals surface area (Å²) in [5, 5.41) is 3.71. The summed E-state index contributed by atoms with van der Waals surface area (Å²) in [6, 6.07) is 1.64. The van der Waals surface area contributed by atoms with E-state index < -0.39 is 0 Å². The summed E-state index contributed by atoms with van der Waals surface area (Å²) in [5.74, 6) is 0.875. The maximum atomic E-state index is 3.71. The highest BCUT2D eigenvalue weighted by atomic mass is 15.2. The van der Waals surface area contributed by atoms with E-state index >= 15 is 0 Å². The zero-order valence-corrected chi connectivity index (χ0v) is 8.21. The van der Waals surface area contributed by atoms with Crippen LogP contribution in [0.2, 0.25) is 0 Å². The molecule has 2 fully saturated rings. The molecule has 1 aliphatic heterocycles. The van der Waals surface area contributed by atoms with Gasteiger partial charge in [-0.2, -0.15) is 0 Å². The molecule has 0 bridgehead atoms. The minimum Gasteiger partial charge on any atom is -0.310 e. The molecule has 2 atom stereocenters. The van der Waals surface area contributed by atoms with Crippen molar-refractivity contribution in [3.63, 3.8) is 0 Å².